The van der Waals surface area contributed by atoms with E-state index in [1.54, 1.807) is 32.0 Å². The van der Waals surface area contributed by atoms with Crippen molar-refractivity contribution >= 4 is 11.7 Å². The summed E-state index contributed by atoms with van der Waals surface area (Å²) in [6.45, 7) is 6.02. The molecule has 0 fully saturated rings. The molecule has 2 N–H and O–H groups in total. The largest absolute Gasteiger partial charge is 0.481 e. The third kappa shape index (κ3) is 5.44. The lowest BCUT2D eigenvalue weighted by Gasteiger charge is -2.21. The molecule has 0 saturated carbocycles. The van der Waals surface area contributed by atoms with Gasteiger partial charge in [0.25, 0.3) is 5.69 Å². The summed E-state index contributed by atoms with van der Waals surface area (Å²) in [6, 6.07) is 6.93. The molecule has 122 valence electrons. The molecule has 0 aliphatic heterocycles. The van der Waals surface area contributed by atoms with Crippen molar-refractivity contribution in [2.45, 2.75) is 46.1 Å². The molecule has 22 heavy (non-hydrogen) atoms. The van der Waals surface area contributed by atoms with Gasteiger partial charge in [0.15, 0.2) is 0 Å². The number of nitro benzene ring substituents is 1. The van der Waals surface area contributed by atoms with Crippen LogP contribution in [0.4, 0.5) is 5.69 Å². The first-order chi connectivity index (χ1) is 10.2. The number of nitro groups is 1. The standard InChI is InChI=1S/C16H24N2O4/c1-12(17-11-10-16(2,3)15(19)20)8-9-13-6-4-5-7-14(13)18(21)22/h4-7,12,17H,8-11H2,1-3H3,(H,19,20). The van der Waals surface area contributed by atoms with Gasteiger partial charge in [-0.1, -0.05) is 18.2 Å². The molecule has 0 saturated heterocycles. The minimum absolute atomic E-state index is 0.154. The summed E-state index contributed by atoms with van der Waals surface area (Å²) < 4.78 is 0. The van der Waals surface area contributed by atoms with Crippen LogP contribution in [-0.4, -0.2) is 28.6 Å². The second-order valence-corrected chi connectivity index (χ2v) is 6.22. The zero-order valence-electron chi connectivity index (χ0n) is 13.3. The van der Waals surface area contributed by atoms with Gasteiger partial charge in [0.2, 0.25) is 0 Å². The van der Waals surface area contributed by atoms with Gasteiger partial charge in [0.1, 0.15) is 0 Å². The second kappa shape index (κ2) is 7.89. The van der Waals surface area contributed by atoms with Crippen LogP contribution in [0.5, 0.6) is 0 Å². The maximum atomic E-state index is 11.0. The van der Waals surface area contributed by atoms with Crippen LogP contribution in [0.15, 0.2) is 24.3 Å². The number of nitrogens with zero attached hydrogens (tertiary/aromatic N) is 1. The van der Waals surface area contributed by atoms with Gasteiger partial charge >= 0.3 is 5.97 Å². The minimum Gasteiger partial charge on any atom is -0.481 e. The van der Waals surface area contributed by atoms with E-state index >= 15 is 0 Å². The van der Waals surface area contributed by atoms with Crippen LogP contribution >= 0.6 is 0 Å². The SMILES string of the molecule is CC(CCc1ccccc1[N+](=O)[O-])NCCC(C)(C)C(=O)O. The highest BCUT2D eigenvalue weighted by Crippen LogP contribution is 2.21. The Kier molecular flexibility index (Phi) is 6.49. The Bertz CT molecular complexity index is 529. The van der Waals surface area contributed by atoms with Crippen molar-refractivity contribution < 1.29 is 14.8 Å². The number of nitrogens with one attached hydrogen (secondary N) is 1. The Hall–Kier alpha value is -1.95. The fourth-order valence-electron chi connectivity index (χ4n) is 2.11. The van der Waals surface area contributed by atoms with Gasteiger partial charge in [0, 0.05) is 17.7 Å². The number of hydrogen-bond acceptors (Lipinski definition) is 4. The molecule has 1 aromatic carbocycles. The molecular formula is C16H24N2O4. The number of aryl methyl sites for hydroxylation is 1. The summed E-state index contributed by atoms with van der Waals surface area (Å²) in [7, 11) is 0. The molecule has 6 nitrogen and oxygen atoms in total. The van der Waals surface area contributed by atoms with Crippen molar-refractivity contribution in [3.05, 3.63) is 39.9 Å². The quantitative estimate of drug-likeness (QED) is 0.540. The predicted octanol–water partition coefficient (Wildman–Crippen LogP) is 3.01. The van der Waals surface area contributed by atoms with Crippen LogP contribution in [0.25, 0.3) is 0 Å². The van der Waals surface area contributed by atoms with E-state index < -0.39 is 11.4 Å². The van der Waals surface area contributed by atoms with Crippen molar-refractivity contribution in [1.29, 1.82) is 0 Å². The highest BCUT2D eigenvalue weighted by Gasteiger charge is 2.26. The summed E-state index contributed by atoms with van der Waals surface area (Å²) in [5, 5.41) is 23.3. The Morgan fingerprint density at radius 2 is 2.05 bits per heavy atom. The van der Waals surface area contributed by atoms with Crippen molar-refractivity contribution in [3.8, 4) is 0 Å². The predicted molar refractivity (Wildman–Crippen MR) is 84.9 cm³/mol. The summed E-state index contributed by atoms with van der Waals surface area (Å²) in [5.74, 6) is -0.804. The fourth-order valence-corrected chi connectivity index (χ4v) is 2.11. The molecular weight excluding hydrogens is 284 g/mol. The molecule has 6 heteroatoms. The summed E-state index contributed by atoms with van der Waals surface area (Å²) in [6.07, 6.45) is 1.92. The maximum Gasteiger partial charge on any atom is 0.309 e. The van der Waals surface area contributed by atoms with Gasteiger partial charge in [-0.15, -0.1) is 0 Å². The lowest BCUT2D eigenvalue weighted by atomic mass is 9.89. The van der Waals surface area contributed by atoms with E-state index in [-0.39, 0.29) is 16.7 Å². The lowest BCUT2D eigenvalue weighted by molar-refractivity contribution is -0.385. The number of hydrogen-bond donors (Lipinski definition) is 2. The minimum atomic E-state index is -0.804. The number of rotatable bonds is 9. The molecule has 0 bridgehead atoms. The number of aliphatic carboxylic acids is 1. The van der Waals surface area contributed by atoms with Crippen LogP contribution in [0, 0.1) is 15.5 Å². The van der Waals surface area contributed by atoms with E-state index in [1.807, 2.05) is 6.92 Å². The molecule has 0 radical (unpaired) electrons. The van der Waals surface area contributed by atoms with Crippen molar-refractivity contribution in [1.82, 2.24) is 5.32 Å². The molecule has 0 aliphatic carbocycles. The zero-order valence-corrected chi connectivity index (χ0v) is 13.3. The average molecular weight is 308 g/mol. The normalized spacial score (nSPS) is 12.9. The molecule has 0 spiro atoms. The second-order valence-electron chi connectivity index (χ2n) is 6.22. The number of para-hydroxylation sites is 1. The van der Waals surface area contributed by atoms with Gasteiger partial charge in [-0.25, -0.2) is 0 Å². The third-order valence-electron chi connectivity index (χ3n) is 3.86. The summed E-state index contributed by atoms with van der Waals surface area (Å²) in [5.41, 5.74) is 0.138. The van der Waals surface area contributed by atoms with Gasteiger partial charge in [-0.2, -0.15) is 0 Å². The number of carboxylic acid groups (broad SMARTS) is 1. The van der Waals surface area contributed by atoms with E-state index in [9.17, 15) is 14.9 Å². The van der Waals surface area contributed by atoms with Crippen molar-refractivity contribution in [3.63, 3.8) is 0 Å². The summed E-state index contributed by atoms with van der Waals surface area (Å²) in [4.78, 5) is 21.6. The molecule has 1 rings (SSSR count). The summed E-state index contributed by atoms with van der Waals surface area (Å²) >= 11 is 0. The number of carbonyl (C=O) groups is 1. The topological polar surface area (TPSA) is 92.5 Å². The van der Waals surface area contributed by atoms with Crippen LogP contribution in [0.2, 0.25) is 0 Å². The molecule has 1 unspecified atom stereocenters. The van der Waals surface area contributed by atoms with E-state index in [4.69, 9.17) is 5.11 Å². The van der Waals surface area contributed by atoms with E-state index in [0.29, 0.717) is 19.4 Å². The Labute approximate surface area is 130 Å². The first-order valence-corrected chi connectivity index (χ1v) is 7.43. The Morgan fingerprint density at radius 1 is 1.41 bits per heavy atom. The van der Waals surface area contributed by atoms with Crippen LogP contribution in [0.3, 0.4) is 0 Å². The van der Waals surface area contributed by atoms with Crippen LogP contribution in [-0.2, 0) is 11.2 Å². The molecule has 0 aliphatic rings. The first kappa shape index (κ1) is 18.1. The molecule has 1 aromatic rings. The highest BCUT2D eigenvalue weighted by atomic mass is 16.6. The van der Waals surface area contributed by atoms with E-state index in [1.165, 1.54) is 6.07 Å². The average Bonchev–Trinajstić information content (AvgIpc) is 2.45. The highest BCUT2D eigenvalue weighted by molar-refractivity contribution is 5.73. The van der Waals surface area contributed by atoms with Gasteiger partial charge in [-0.05, 0) is 46.6 Å². The van der Waals surface area contributed by atoms with Gasteiger partial charge in [-0.3, -0.25) is 14.9 Å². The van der Waals surface area contributed by atoms with Crippen LogP contribution < -0.4 is 5.32 Å². The van der Waals surface area contributed by atoms with E-state index in [0.717, 1.165) is 12.0 Å². The van der Waals surface area contributed by atoms with E-state index in [2.05, 4.69) is 5.32 Å². The smallest absolute Gasteiger partial charge is 0.309 e. The fraction of sp³-hybridized carbons (Fsp3) is 0.562. The molecule has 0 aromatic heterocycles. The molecule has 0 heterocycles. The Balaban J connectivity index is 2.43. The number of benzene rings is 1. The zero-order chi connectivity index (χ0) is 16.8. The van der Waals surface area contributed by atoms with Crippen molar-refractivity contribution in [2.24, 2.45) is 5.41 Å². The monoisotopic (exact) mass is 308 g/mol. The molecule has 0 amide bonds. The number of carboxylic acids is 1. The Morgan fingerprint density at radius 3 is 2.64 bits per heavy atom. The third-order valence-corrected chi connectivity index (χ3v) is 3.86. The van der Waals surface area contributed by atoms with Crippen LogP contribution in [0.1, 0.15) is 39.2 Å². The van der Waals surface area contributed by atoms with Crippen molar-refractivity contribution in [2.75, 3.05) is 6.54 Å². The van der Waals surface area contributed by atoms with Gasteiger partial charge < -0.3 is 10.4 Å². The lowest BCUT2D eigenvalue weighted by Crippen LogP contribution is -2.33. The molecule has 1 atom stereocenters. The van der Waals surface area contributed by atoms with Gasteiger partial charge in [0.05, 0.1) is 10.3 Å². The first-order valence-electron chi connectivity index (χ1n) is 7.43. The maximum absolute atomic E-state index is 11.0.